The molecule has 0 aliphatic carbocycles. The lowest BCUT2D eigenvalue weighted by Gasteiger charge is -2.27. The molecule has 4 nitrogen and oxygen atoms in total. The van der Waals surface area contributed by atoms with Crippen molar-refractivity contribution >= 4 is 5.91 Å². The zero-order valence-corrected chi connectivity index (χ0v) is 13.1. The minimum absolute atomic E-state index is 0.222. The second kappa shape index (κ2) is 8.15. The van der Waals surface area contributed by atoms with E-state index in [4.69, 9.17) is 4.74 Å². The molecule has 1 atom stereocenters. The summed E-state index contributed by atoms with van der Waals surface area (Å²) >= 11 is 0. The van der Waals surface area contributed by atoms with Crippen LogP contribution in [0.4, 0.5) is 0 Å². The van der Waals surface area contributed by atoms with Crippen LogP contribution >= 0.6 is 0 Å². The highest BCUT2D eigenvalue weighted by Gasteiger charge is 2.16. The molecule has 1 N–H and O–H groups in total. The van der Waals surface area contributed by atoms with E-state index in [0.717, 1.165) is 19.5 Å². The van der Waals surface area contributed by atoms with E-state index >= 15 is 0 Å². The van der Waals surface area contributed by atoms with Gasteiger partial charge in [-0.25, -0.2) is 0 Å². The minimum atomic E-state index is 0.222. The van der Waals surface area contributed by atoms with Crippen molar-refractivity contribution in [3.8, 4) is 0 Å². The summed E-state index contributed by atoms with van der Waals surface area (Å²) in [5.74, 6) is 0.222. The highest BCUT2D eigenvalue weighted by atomic mass is 16.5. The number of benzene rings is 1. The summed E-state index contributed by atoms with van der Waals surface area (Å²) in [5.41, 5.74) is 2.62. The first kappa shape index (κ1) is 16.0. The van der Waals surface area contributed by atoms with E-state index in [9.17, 15) is 4.79 Å². The number of nitrogens with zero attached hydrogens (tertiary/aromatic N) is 1. The maximum Gasteiger partial charge on any atom is 0.224 e. The Bertz CT molecular complexity index is 439. The van der Waals surface area contributed by atoms with Gasteiger partial charge in [0.05, 0.1) is 13.2 Å². The molecule has 0 radical (unpaired) electrons. The number of ether oxygens (including phenoxy) is 1. The Hall–Kier alpha value is -1.39. The van der Waals surface area contributed by atoms with Gasteiger partial charge in [0.2, 0.25) is 5.91 Å². The second-order valence-electron chi connectivity index (χ2n) is 5.51. The fraction of sp³-hybridized carbons (Fsp3) is 0.588. The molecule has 1 aliphatic heterocycles. The summed E-state index contributed by atoms with van der Waals surface area (Å²) < 4.78 is 5.26. The standard InChI is InChI=1S/C17H26N2O2/c1-3-15-4-6-16(7-5-15)14(2)18-9-8-17(20)19-10-12-21-13-11-19/h4-7,14,18H,3,8-13H2,1-2H3. The third-order valence-corrected chi connectivity index (χ3v) is 4.04. The summed E-state index contributed by atoms with van der Waals surface area (Å²) in [6.45, 7) is 7.80. The molecule has 1 amide bonds. The second-order valence-corrected chi connectivity index (χ2v) is 5.51. The molecular weight excluding hydrogens is 264 g/mol. The predicted molar refractivity (Wildman–Crippen MR) is 84.3 cm³/mol. The van der Waals surface area contributed by atoms with Gasteiger partial charge in [0.15, 0.2) is 0 Å². The van der Waals surface area contributed by atoms with E-state index in [1.807, 2.05) is 4.90 Å². The summed E-state index contributed by atoms with van der Waals surface area (Å²) in [5, 5.41) is 3.43. The van der Waals surface area contributed by atoms with E-state index in [1.54, 1.807) is 0 Å². The van der Waals surface area contributed by atoms with E-state index in [1.165, 1.54) is 11.1 Å². The fourth-order valence-electron chi connectivity index (χ4n) is 2.53. The van der Waals surface area contributed by atoms with Crippen LogP contribution in [-0.4, -0.2) is 43.7 Å². The van der Waals surface area contributed by atoms with Crippen molar-refractivity contribution in [1.29, 1.82) is 0 Å². The van der Waals surface area contributed by atoms with Gasteiger partial charge < -0.3 is 15.0 Å². The topological polar surface area (TPSA) is 41.6 Å². The van der Waals surface area contributed by atoms with E-state index in [-0.39, 0.29) is 11.9 Å². The summed E-state index contributed by atoms with van der Waals surface area (Å²) in [6.07, 6.45) is 1.62. The van der Waals surface area contributed by atoms with Crippen molar-refractivity contribution in [3.63, 3.8) is 0 Å². The van der Waals surface area contributed by atoms with Gasteiger partial charge in [-0.15, -0.1) is 0 Å². The molecule has 1 saturated heterocycles. The zero-order chi connectivity index (χ0) is 15.1. The van der Waals surface area contributed by atoms with E-state index < -0.39 is 0 Å². The Kier molecular flexibility index (Phi) is 6.21. The Labute approximate surface area is 127 Å². The minimum Gasteiger partial charge on any atom is -0.378 e. The van der Waals surface area contributed by atoms with Crippen LogP contribution in [0.15, 0.2) is 24.3 Å². The van der Waals surface area contributed by atoms with Crippen LogP contribution < -0.4 is 5.32 Å². The molecule has 4 heteroatoms. The van der Waals surface area contributed by atoms with Crippen molar-refractivity contribution < 1.29 is 9.53 Å². The number of aryl methyl sites for hydroxylation is 1. The van der Waals surface area contributed by atoms with Crippen LogP contribution in [0.2, 0.25) is 0 Å². The molecule has 2 rings (SSSR count). The van der Waals surface area contributed by atoms with Gasteiger partial charge in [0.25, 0.3) is 0 Å². The van der Waals surface area contributed by atoms with Crippen molar-refractivity contribution in [3.05, 3.63) is 35.4 Å². The lowest BCUT2D eigenvalue weighted by molar-refractivity contribution is -0.135. The average Bonchev–Trinajstić information content (AvgIpc) is 2.55. The number of hydrogen-bond acceptors (Lipinski definition) is 3. The van der Waals surface area contributed by atoms with Crippen molar-refractivity contribution in [2.75, 3.05) is 32.8 Å². The van der Waals surface area contributed by atoms with Gasteiger partial charge in [-0.3, -0.25) is 4.79 Å². The molecule has 0 aromatic heterocycles. The predicted octanol–water partition coefficient (Wildman–Crippen LogP) is 2.15. The molecule has 21 heavy (non-hydrogen) atoms. The largest absolute Gasteiger partial charge is 0.378 e. The molecule has 0 spiro atoms. The molecule has 1 aromatic rings. The van der Waals surface area contributed by atoms with Crippen LogP contribution in [0.5, 0.6) is 0 Å². The van der Waals surface area contributed by atoms with Crippen molar-refractivity contribution in [2.24, 2.45) is 0 Å². The molecule has 1 aliphatic rings. The Morgan fingerprint density at radius 2 is 1.95 bits per heavy atom. The SMILES string of the molecule is CCc1ccc(C(C)NCCC(=O)N2CCOCC2)cc1. The molecule has 0 saturated carbocycles. The zero-order valence-electron chi connectivity index (χ0n) is 13.1. The van der Waals surface area contributed by atoms with Crippen LogP contribution in [0, 0.1) is 0 Å². The van der Waals surface area contributed by atoms with Crippen LogP contribution in [0.25, 0.3) is 0 Å². The summed E-state index contributed by atoms with van der Waals surface area (Å²) in [7, 11) is 0. The van der Waals surface area contributed by atoms with Crippen LogP contribution in [0.1, 0.15) is 37.4 Å². The number of morpholine rings is 1. The Morgan fingerprint density at radius 3 is 2.57 bits per heavy atom. The summed E-state index contributed by atoms with van der Waals surface area (Å²) in [4.78, 5) is 13.9. The highest BCUT2D eigenvalue weighted by molar-refractivity contribution is 5.76. The third kappa shape index (κ3) is 4.83. The first-order chi connectivity index (χ1) is 10.2. The smallest absolute Gasteiger partial charge is 0.224 e. The Morgan fingerprint density at radius 1 is 1.29 bits per heavy atom. The summed E-state index contributed by atoms with van der Waals surface area (Å²) in [6, 6.07) is 8.95. The van der Waals surface area contributed by atoms with Gasteiger partial charge in [-0.1, -0.05) is 31.2 Å². The number of rotatable bonds is 6. The first-order valence-electron chi connectivity index (χ1n) is 7.88. The van der Waals surface area contributed by atoms with Crippen LogP contribution in [-0.2, 0) is 16.0 Å². The van der Waals surface area contributed by atoms with E-state index in [0.29, 0.717) is 26.2 Å². The monoisotopic (exact) mass is 290 g/mol. The average molecular weight is 290 g/mol. The van der Waals surface area contributed by atoms with Crippen molar-refractivity contribution in [1.82, 2.24) is 10.2 Å². The fourth-order valence-corrected chi connectivity index (χ4v) is 2.53. The molecule has 116 valence electrons. The normalized spacial score (nSPS) is 16.8. The number of nitrogens with one attached hydrogen (secondary N) is 1. The third-order valence-electron chi connectivity index (χ3n) is 4.04. The quantitative estimate of drug-likeness (QED) is 0.873. The molecule has 1 unspecified atom stereocenters. The van der Waals surface area contributed by atoms with Gasteiger partial charge in [0, 0.05) is 32.1 Å². The molecule has 1 fully saturated rings. The first-order valence-corrected chi connectivity index (χ1v) is 7.88. The highest BCUT2D eigenvalue weighted by Crippen LogP contribution is 2.13. The van der Waals surface area contributed by atoms with Crippen LogP contribution in [0.3, 0.4) is 0 Å². The lowest BCUT2D eigenvalue weighted by atomic mass is 10.0. The molecule has 1 aromatic carbocycles. The molecular formula is C17H26N2O2. The van der Waals surface area contributed by atoms with Gasteiger partial charge in [-0.05, 0) is 24.5 Å². The number of carbonyl (C=O) groups is 1. The lowest BCUT2D eigenvalue weighted by Crippen LogP contribution is -2.41. The van der Waals surface area contributed by atoms with Gasteiger partial charge >= 0.3 is 0 Å². The number of carbonyl (C=O) groups excluding carboxylic acids is 1. The van der Waals surface area contributed by atoms with Gasteiger partial charge in [0.1, 0.15) is 0 Å². The Balaban J connectivity index is 1.72. The molecule has 1 heterocycles. The number of hydrogen-bond donors (Lipinski definition) is 1. The molecule has 0 bridgehead atoms. The van der Waals surface area contributed by atoms with Gasteiger partial charge in [-0.2, -0.15) is 0 Å². The van der Waals surface area contributed by atoms with Crippen molar-refractivity contribution in [2.45, 2.75) is 32.7 Å². The maximum absolute atomic E-state index is 12.0. The number of amides is 1. The maximum atomic E-state index is 12.0. The van der Waals surface area contributed by atoms with E-state index in [2.05, 4.69) is 43.4 Å².